The summed E-state index contributed by atoms with van der Waals surface area (Å²) < 4.78 is 11.7. The second-order valence-electron chi connectivity index (χ2n) is 12.1. The number of halogens is 2. The molecule has 232 valence electrons. The van der Waals surface area contributed by atoms with Crippen LogP contribution in [0.5, 0.6) is 11.5 Å². The van der Waals surface area contributed by atoms with Crippen LogP contribution in [0.2, 0.25) is 0 Å². The summed E-state index contributed by atoms with van der Waals surface area (Å²) in [5.74, 6) is 1.98. The van der Waals surface area contributed by atoms with Crippen LogP contribution in [0, 0.1) is 0 Å². The topological polar surface area (TPSA) is 86.7 Å². The van der Waals surface area contributed by atoms with E-state index in [0.717, 1.165) is 92.8 Å². The van der Waals surface area contributed by atoms with E-state index in [1.807, 2.05) is 48.5 Å². The van der Waals surface area contributed by atoms with Crippen molar-refractivity contribution in [3.8, 4) is 33.8 Å². The van der Waals surface area contributed by atoms with Crippen molar-refractivity contribution in [1.82, 2.24) is 0 Å². The average molecular weight is 742 g/mol. The lowest BCUT2D eigenvalue weighted by atomic mass is 9.85. The van der Waals surface area contributed by atoms with Gasteiger partial charge < -0.3 is 9.47 Å². The van der Waals surface area contributed by atoms with Crippen molar-refractivity contribution in [3.05, 3.63) is 105 Å². The minimum absolute atomic E-state index is 0.0583. The molecular weight excluding hydrogens is 712 g/mol. The molecule has 2 aliphatic heterocycles. The Bertz CT molecular complexity index is 1980. The van der Waals surface area contributed by atoms with E-state index in [2.05, 4.69) is 44.0 Å². The first-order chi connectivity index (χ1) is 22.2. The fourth-order valence-electron chi connectivity index (χ4n) is 6.70. The van der Waals surface area contributed by atoms with Gasteiger partial charge in [0.2, 0.25) is 0 Å². The first-order valence-electron chi connectivity index (χ1n) is 15.4. The molecule has 0 fully saturated rings. The molecule has 0 N–H and O–H groups in total. The molecule has 0 aromatic heterocycles. The minimum Gasteiger partial charge on any atom is -0.488 e. The number of carbonyl (C=O) groups excluding carboxylic acids is 4. The van der Waals surface area contributed by atoms with E-state index in [9.17, 15) is 19.2 Å². The highest BCUT2D eigenvalue weighted by molar-refractivity contribution is 9.10. The summed E-state index contributed by atoms with van der Waals surface area (Å²) in [5.41, 5.74) is 11.4. The minimum atomic E-state index is -0.100. The van der Waals surface area contributed by atoms with E-state index in [-0.39, 0.29) is 28.0 Å². The molecule has 0 bridgehead atoms. The van der Waals surface area contributed by atoms with Gasteiger partial charge in [-0.25, -0.2) is 0 Å². The molecule has 1 unspecified atom stereocenters. The second-order valence-corrected chi connectivity index (χ2v) is 13.8. The zero-order valence-electron chi connectivity index (χ0n) is 25.2. The maximum absolute atomic E-state index is 12.4. The van der Waals surface area contributed by atoms with Crippen LogP contribution in [0.3, 0.4) is 0 Å². The lowest BCUT2D eigenvalue weighted by Gasteiger charge is -2.26. The Labute approximate surface area is 283 Å². The smallest absolute Gasteiger partial charge is 0.176 e. The number of aryl methyl sites for hydroxylation is 2. The number of hydrogen-bond acceptors (Lipinski definition) is 6. The molecule has 4 aliphatic rings. The summed E-state index contributed by atoms with van der Waals surface area (Å²) in [6.45, 7) is 2.42. The quantitative estimate of drug-likeness (QED) is 0.154. The van der Waals surface area contributed by atoms with Gasteiger partial charge in [0.15, 0.2) is 23.1 Å². The van der Waals surface area contributed by atoms with Gasteiger partial charge in [-0.3, -0.25) is 19.2 Å². The zero-order chi connectivity index (χ0) is 32.1. The van der Waals surface area contributed by atoms with Crippen molar-refractivity contribution in [1.29, 1.82) is 0 Å². The first-order valence-corrected chi connectivity index (χ1v) is 17.4. The summed E-state index contributed by atoms with van der Waals surface area (Å²) in [7, 11) is 0. The lowest BCUT2D eigenvalue weighted by molar-refractivity contribution is 0.0967. The summed E-state index contributed by atoms with van der Waals surface area (Å²) in [6, 6.07) is 19.4. The van der Waals surface area contributed by atoms with E-state index in [1.165, 1.54) is 0 Å². The number of carbonyl (C=O) groups is 4. The molecule has 4 aromatic carbocycles. The molecule has 0 saturated carbocycles. The number of Topliss-reactive ketones (excluding diaryl/α,β-unsaturated/α-hetero) is 4. The molecule has 46 heavy (non-hydrogen) atoms. The van der Waals surface area contributed by atoms with Gasteiger partial charge in [-0.05, 0) is 102 Å². The predicted molar refractivity (Wildman–Crippen MR) is 183 cm³/mol. The molecule has 0 spiro atoms. The number of rotatable bonds is 3. The van der Waals surface area contributed by atoms with Gasteiger partial charge in [0.05, 0.1) is 10.2 Å². The van der Waals surface area contributed by atoms with E-state index < -0.39 is 0 Å². The summed E-state index contributed by atoms with van der Waals surface area (Å²) >= 11 is 6.66. The van der Waals surface area contributed by atoms with Crippen molar-refractivity contribution in [2.45, 2.75) is 57.1 Å². The third kappa shape index (κ3) is 5.56. The zero-order valence-corrected chi connectivity index (χ0v) is 28.4. The molecular formula is C38H30Br2O6. The number of ketones is 4. The van der Waals surface area contributed by atoms with Crippen LogP contribution in [0.1, 0.15) is 89.9 Å². The summed E-state index contributed by atoms with van der Waals surface area (Å²) in [4.78, 5) is 47.7. The van der Waals surface area contributed by atoms with Crippen molar-refractivity contribution in [2.75, 3.05) is 5.33 Å². The maximum Gasteiger partial charge on any atom is 0.176 e. The van der Waals surface area contributed by atoms with Crippen LogP contribution in [0.4, 0.5) is 0 Å². The molecule has 8 rings (SSSR count). The third-order valence-electron chi connectivity index (χ3n) is 9.19. The Morgan fingerprint density at radius 3 is 1.91 bits per heavy atom. The molecule has 2 aliphatic carbocycles. The van der Waals surface area contributed by atoms with Crippen LogP contribution >= 0.6 is 31.9 Å². The number of benzene rings is 4. The molecule has 1 atom stereocenters. The fourth-order valence-corrected chi connectivity index (χ4v) is 7.50. The number of fused-ring (bicyclic) bond motifs is 8. The Hall–Kier alpha value is -3.88. The second kappa shape index (κ2) is 12.4. The first kappa shape index (κ1) is 30.8. The van der Waals surface area contributed by atoms with Gasteiger partial charge >= 0.3 is 0 Å². The van der Waals surface area contributed by atoms with E-state index in [0.29, 0.717) is 36.1 Å². The normalized spacial score (nSPS) is 16.9. The van der Waals surface area contributed by atoms with Gasteiger partial charge in [-0.15, -0.1) is 0 Å². The third-order valence-corrected chi connectivity index (χ3v) is 10.6. The molecule has 0 saturated heterocycles. The Morgan fingerprint density at radius 1 is 0.696 bits per heavy atom. The molecule has 2 heterocycles. The van der Waals surface area contributed by atoms with E-state index in [4.69, 9.17) is 9.47 Å². The number of ether oxygens (including phenoxy) is 2. The maximum atomic E-state index is 12.4. The van der Waals surface area contributed by atoms with Crippen LogP contribution in [-0.4, -0.2) is 33.3 Å². The highest BCUT2D eigenvalue weighted by Crippen LogP contribution is 2.43. The Balaban J connectivity index is 0.000000147. The largest absolute Gasteiger partial charge is 0.488 e. The van der Waals surface area contributed by atoms with Gasteiger partial charge in [-0.2, -0.15) is 0 Å². The standard InChI is InChI=1S/C19H14Br2O3.C19H16O3/c20-8-17(22)11-1-3-13-12(5-11)9-24-18-7-14-10(6-15(13)18)2-4-16(21)19(14)23;1-11(20)12-5-6-15-14(7-12)10-22-19-9-16-13(8-17(15)19)3-2-4-18(16)21/h1,3,5-7,16H,2,4,8-9H2;5-9H,2-4,10H2,1H3. The molecule has 0 amide bonds. The van der Waals surface area contributed by atoms with Gasteiger partial charge in [-0.1, -0.05) is 56.1 Å². The van der Waals surface area contributed by atoms with Gasteiger partial charge in [0.1, 0.15) is 24.7 Å². The van der Waals surface area contributed by atoms with Crippen molar-refractivity contribution in [2.24, 2.45) is 0 Å². The average Bonchev–Trinajstić information content (AvgIpc) is 3.08. The molecule has 8 heteroatoms. The van der Waals surface area contributed by atoms with Crippen LogP contribution in [0.25, 0.3) is 22.3 Å². The highest BCUT2D eigenvalue weighted by Gasteiger charge is 2.29. The van der Waals surface area contributed by atoms with E-state index in [1.54, 1.807) is 6.92 Å². The fraction of sp³-hybridized carbons (Fsp3) is 0.263. The van der Waals surface area contributed by atoms with Crippen molar-refractivity contribution < 1.29 is 28.7 Å². The number of alkyl halides is 2. The Morgan fingerprint density at radius 2 is 1.28 bits per heavy atom. The molecule has 6 nitrogen and oxygen atoms in total. The van der Waals surface area contributed by atoms with Crippen LogP contribution < -0.4 is 9.47 Å². The molecule has 4 aromatic rings. The summed E-state index contributed by atoms with van der Waals surface area (Å²) in [5, 5.41) is 0.312. The highest BCUT2D eigenvalue weighted by atomic mass is 79.9. The SMILES string of the molecule is CC(=O)c1ccc2c(c1)COc1cc3c(cc1-2)CCCC3=O.O=C(CBr)c1ccc2c(c1)COc1cc3c(cc1-2)CCC(Br)C3=O. The van der Waals surface area contributed by atoms with E-state index >= 15 is 0 Å². The van der Waals surface area contributed by atoms with Crippen LogP contribution in [0.15, 0.2) is 60.7 Å². The number of hydrogen-bond donors (Lipinski definition) is 0. The Kier molecular flexibility index (Phi) is 8.28. The summed E-state index contributed by atoms with van der Waals surface area (Å²) in [6.07, 6.45) is 4.18. The van der Waals surface area contributed by atoms with Crippen molar-refractivity contribution >= 4 is 55.0 Å². The lowest BCUT2D eigenvalue weighted by Crippen LogP contribution is -2.23. The van der Waals surface area contributed by atoms with Gasteiger partial charge in [0.25, 0.3) is 0 Å². The van der Waals surface area contributed by atoms with Gasteiger partial charge in [0, 0.05) is 39.8 Å². The van der Waals surface area contributed by atoms with Crippen LogP contribution in [-0.2, 0) is 26.1 Å². The van der Waals surface area contributed by atoms with Crippen molar-refractivity contribution in [3.63, 3.8) is 0 Å². The predicted octanol–water partition coefficient (Wildman–Crippen LogP) is 8.68. The monoisotopic (exact) mass is 740 g/mol. The molecule has 0 radical (unpaired) electrons.